The number of hydrogen-bond acceptors (Lipinski definition) is 1. The smallest absolute Gasteiger partial charge is 0.123 e. The maximum absolute atomic E-state index is 12.7. The van der Waals surface area contributed by atoms with Crippen molar-refractivity contribution in [2.75, 3.05) is 0 Å². The first kappa shape index (κ1) is 9.21. The lowest BCUT2D eigenvalue weighted by molar-refractivity contribution is 0.628. The fourth-order valence-electron chi connectivity index (χ4n) is 1.29. The van der Waals surface area contributed by atoms with Gasteiger partial charge in [0.25, 0.3) is 0 Å². The summed E-state index contributed by atoms with van der Waals surface area (Å²) in [6.45, 7) is 0. The molecular weight excluding hydrogens is 203 g/mol. The molecule has 0 unspecified atom stereocenters. The summed E-state index contributed by atoms with van der Waals surface area (Å²) in [6, 6.07) is 6.24. The van der Waals surface area contributed by atoms with E-state index in [1.807, 2.05) is 0 Å². The van der Waals surface area contributed by atoms with Crippen molar-refractivity contribution < 1.29 is 4.39 Å². The van der Waals surface area contributed by atoms with Crippen molar-refractivity contribution in [3.63, 3.8) is 0 Å². The van der Waals surface area contributed by atoms with Crippen LogP contribution in [0, 0.1) is 5.82 Å². The number of benzene rings is 1. The second-order valence-electron chi connectivity index (χ2n) is 2.90. The molecule has 0 aliphatic rings. The minimum absolute atomic E-state index is 0.246. The lowest BCUT2D eigenvalue weighted by Gasteiger charge is -1.99. The van der Waals surface area contributed by atoms with Crippen LogP contribution in [0.4, 0.5) is 4.39 Å². The van der Waals surface area contributed by atoms with Gasteiger partial charge in [0.1, 0.15) is 5.82 Å². The molecular formula is C10H8ClFN2. The number of alkyl halides is 1. The van der Waals surface area contributed by atoms with Crippen LogP contribution in [0.1, 0.15) is 5.69 Å². The van der Waals surface area contributed by atoms with Gasteiger partial charge in [0.05, 0.1) is 17.8 Å². The largest absolute Gasteiger partial charge is 0.281 e. The molecule has 0 aliphatic heterocycles. The topological polar surface area (TPSA) is 28.7 Å². The molecule has 1 heterocycles. The molecule has 0 radical (unpaired) electrons. The molecule has 4 heteroatoms. The van der Waals surface area contributed by atoms with Gasteiger partial charge in [-0.25, -0.2) is 4.39 Å². The van der Waals surface area contributed by atoms with Crippen LogP contribution in [-0.2, 0) is 5.88 Å². The number of aromatic amines is 1. The molecule has 0 saturated carbocycles. The van der Waals surface area contributed by atoms with E-state index in [0.717, 1.165) is 16.8 Å². The molecule has 1 N–H and O–H groups in total. The Morgan fingerprint density at radius 2 is 2.00 bits per heavy atom. The second-order valence-corrected chi connectivity index (χ2v) is 3.17. The average Bonchev–Trinajstić information content (AvgIpc) is 2.67. The predicted octanol–water partition coefficient (Wildman–Crippen LogP) is 2.95. The van der Waals surface area contributed by atoms with E-state index < -0.39 is 0 Å². The SMILES string of the molecule is Fc1ccc(-c2cn[nH]c2CCl)cc1. The van der Waals surface area contributed by atoms with Crippen molar-refractivity contribution in [3.05, 3.63) is 42.0 Å². The summed E-state index contributed by atoms with van der Waals surface area (Å²) in [4.78, 5) is 0. The highest BCUT2D eigenvalue weighted by molar-refractivity contribution is 6.17. The van der Waals surface area contributed by atoms with Crippen molar-refractivity contribution in [1.29, 1.82) is 0 Å². The zero-order valence-corrected chi connectivity index (χ0v) is 8.05. The highest BCUT2D eigenvalue weighted by Crippen LogP contribution is 2.22. The maximum atomic E-state index is 12.7. The first-order chi connectivity index (χ1) is 6.81. The van der Waals surface area contributed by atoms with E-state index in [1.54, 1.807) is 18.3 Å². The molecule has 0 aliphatic carbocycles. The molecule has 0 bridgehead atoms. The molecule has 1 aromatic carbocycles. The lowest BCUT2D eigenvalue weighted by atomic mass is 10.1. The van der Waals surface area contributed by atoms with Gasteiger partial charge in [-0.15, -0.1) is 11.6 Å². The lowest BCUT2D eigenvalue weighted by Crippen LogP contribution is -1.83. The Hall–Kier alpha value is -1.35. The van der Waals surface area contributed by atoms with Crippen LogP contribution in [0.15, 0.2) is 30.5 Å². The predicted molar refractivity (Wildman–Crippen MR) is 53.5 cm³/mol. The van der Waals surface area contributed by atoms with Crippen LogP contribution in [0.3, 0.4) is 0 Å². The maximum Gasteiger partial charge on any atom is 0.123 e. The molecule has 72 valence electrons. The number of nitrogens with one attached hydrogen (secondary N) is 1. The van der Waals surface area contributed by atoms with Gasteiger partial charge in [-0.2, -0.15) is 5.10 Å². The third-order valence-corrected chi connectivity index (χ3v) is 2.27. The minimum atomic E-state index is -0.246. The minimum Gasteiger partial charge on any atom is -0.281 e. The molecule has 0 fully saturated rings. The molecule has 2 nitrogen and oxygen atoms in total. The Labute approximate surface area is 85.7 Å². The van der Waals surface area contributed by atoms with E-state index in [9.17, 15) is 4.39 Å². The number of halogens is 2. The van der Waals surface area contributed by atoms with Crippen LogP contribution >= 0.6 is 11.6 Å². The first-order valence-electron chi connectivity index (χ1n) is 4.15. The van der Waals surface area contributed by atoms with E-state index in [-0.39, 0.29) is 5.82 Å². The first-order valence-corrected chi connectivity index (χ1v) is 4.69. The van der Waals surface area contributed by atoms with E-state index in [1.165, 1.54) is 12.1 Å². The van der Waals surface area contributed by atoms with Gasteiger partial charge in [-0.3, -0.25) is 5.10 Å². The Kier molecular flexibility index (Phi) is 2.50. The van der Waals surface area contributed by atoms with Crippen molar-refractivity contribution in [2.24, 2.45) is 0 Å². The molecule has 1 aromatic heterocycles. The molecule has 0 spiro atoms. The number of aromatic nitrogens is 2. The van der Waals surface area contributed by atoms with Gasteiger partial charge >= 0.3 is 0 Å². The summed E-state index contributed by atoms with van der Waals surface area (Å²) in [6.07, 6.45) is 1.69. The Morgan fingerprint density at radius 1 is 1.29 bits per heavy atom. The molecule has 0 amide bonds. The van der Waals surface area contributed by atoms with Crippen molar-refractivity contribution in [2.45, 2.75) is 5.88 Å². The molecule has 0 saturated heterocycles. The van der Waals surface area contributed by atoms with Gasteiger partial charge in [0.2, 0.25) is 0 Å². The quantitative estimate of drug-likeness (QED) is 0.759. The summed E-state index contributed by atoms with van der Waals surface area (Å²) in [5.74, 6) is 0.122. The summed E-state index contributed by atoms with van der Waals surface area (Å²) >= 11 is 5.71. The zero-order chi connectivity index (χ0) is 9.97. The van der Waals surface area contributed by atoms with E-state index in [4.69, 9.17) is 11.6 Å². The highest BCUT2D eigenvalue weighted by atomic mass is 35.5. The number of H-pyrrole nitrogens is 1. The monoisotopic (exact) mass is 210 g/mol. The third kappa shape index (κ3) is 1.63. The van der Waals surface area contributed by atoms with Crippen molar-refractivity contribution >= 4 is 11.6 Å². The summed E-state index contributed by atoms with van der Waals surface area (Å²) < 4.78 is 12.7. The normalized spacial score (nSPS) is 10.4. The van der Waals surface area contributed by atoms with Gasteiger partial charge < -0.3 is 0 Å². The van der Waals surface area contributed by atoms with E-state index in [2.05, 4.69) is 10.2 Å². The Bertz CT molecular complexity index is 422. The molecule has 0 atom stereocenters. The van der Waals surface area contributed by atoms with Gasteiger partial charge in [0, 0.05) is 5.56 Å². The van der Waals surface area contributed by atoms with Crippen molar-refractivity contribution in [1.82, 2.24) is 10.2 Å². The summed E-state index contributed by atoms with van der Waals surface area (Å²) in [5, 5.41) is 6.68. The molecule has 14 heavy (non-hydrogen) atoms. The number of hydrogen-bond donors (Lipinski definition) is 1. The van der Waals surface area contributed by atoms with Crippen LogP contribution in [0.2, 0.25) is 0 Å². The van der Waals surface area contributed by atoms with Crippen LogP contribution in [0.5, 0.6) is 0 Å². The third-order valence-electron chi connectivity index (χ3n) is 2.01. The van der Waals surface area contributed by atoms with Crippen LogP contribution < -0.4 is 0 Å². The van der Waals surface area contributed by atoms with Gasteiger partial charge in [-0.05, 0) is 17.7 Å². The molecule has 2 rings (SSSR count). The van der Waals surface area contributed by atoms with Crippen molar-refractivity contribution in [3.8, 4) is 11.1 Å². The zero-order valence-electron chi connectivity index (χ0n) is 7.30. The highest BCUT2D eigenvalue weighted by Gasteiger charge is 2.05. The summed E-state index contributed by atoms with van der Waals surface area (Å²) in [7, 11) is 0. The second kappa shape index (κ2) is 3.80. The van der Waals surface area contributed by atoms with Crippen LogP contribution in [0.25, 0.3) is 11.1 Å². The van der Waals surface area contributed by atoms with Crippen LogP contribution in [-0.4, -0.2) is 10.2 Å². The fourth-order valence-corrected chi connectivity index (χ4v) is 1.50. The van der Waals surface area contributed by atoms with Gasteiger partial charge in [0.15, 0.2) is 0 Å². The number of nitrogens with zero attached hydrogens (tertiary/aromatic N) is 1. The van der Waals surface area contributed by atoms with E-state index >= 15 is 0 Å². The van der Waals surface area contributed by atoms with E-state index in [0.29, 0.717) is 5.88 Å². The Morgan fingerprint density at radius 3 is 2.64 bits per heavy atom. The standard InChI is InChI=1S/C10H8ClFN2/c11-5-10-9(6-13-14-10)7-1-3-8(12)4-2-7/h1-4,6H,5H2,(H,13,14). The number of rotatable bonds is 2. The Balaban J connectivity index is 2.44. The molecule has 2 aromatic rings. The fraction of sp³-hybridized carbons (Fsp3) is 0.100. The average molecular weight is 211 g/mol. The summed E-state index contributed by atoms with van der Waals surface area (Å²) in [5.41, 5.74) is 2.68. The van der Waals surface area contributed by atoms with Gasteiger partial charge in [-0.1, -0.05) is 12.1 Å².